The molecule has 3 nitrogen and oxygen atoms in total. The maximum Gasteiger partial charge on any atom is 0.258 e. The molecule has 2 N–H and O–H groups in total. The molecule has 0 unspecified atom stereocenters. The van der Waals surface area contributed by atoms with Crippen LogP contribution < -0.4 is 10.6 Å². The van der Waals surface area contributed by atoms with Gasteiger partial charge in [0.15, 0.2) is 0 Å². The number of carbonyl (C=O) groups is 1. The normalized spacial score (nSPS) is 10.3. The third-order valence-corrected chi connectivity index (χ3v) is 3.10. The van der Waals surface area contributed by atoms with Crippen LogP contribution in [0.3, 0.4) is 0 Å². The minimum Gasteiger partial charge on any atom is -0.329 e. The molecule has 0 saturated heterocycles. The van der Waals surface area contributed by atoms with E-state index < -0.39 is 0 Å². The molecule has 2 aromatic carbocycles. The molecule has 0 aliphatic rings. The quantitative estimate of drug-likeness (QED) is 0.930. The van der Waals surface area contributed by atoms with Gasteiger partial charge in [0.1, 0.15) is 5.82 Å². The van der Waals surface area contributed by atoms with E-state index in [-0.39, 0.29) is 11.7 Å². The number of rotatable bonds is 4. The highest BCUT2D eigenvalue weighted by Crippen LogP contribution is 2.21. The fourth-order valence-corrected chi connectivity index (χ4v) is 2.08. The Balaban J connectivity index is 2.36. The summed E-state index contributed by atoms with van der Waals surface area (Å²) in [6.07, 6.45) is 0. The van der Waals surface area contributed by atoms with Crippen molar-refractivity contribution in [3.63, 3.8) is 0 Å². The Morgan fingerprint density at radius 1 is 1.15 bits per heavy atom. The van der Waals surface area contributed by atoms with Crippen LogP contribution in [0, 0.1) is 12.7 Å². The Kier molecular flexibility index (Phi) is 4.48. The molecule has 2 aromatic rings. The first-order chi connectivity index (χ1) is 9.63. The van der Waals surface area contributed by atoms with Gasteiger partial charge in [-0.25, -0.2) is 4.39 Å². The fraction of sp³-hybridized carbons (Fsp3) is 0.188. The number of hydrogen-bond donors (Lipinski definition) is 1. The van der Waals surface area contributed by atoms with E-state index >= 15 is 0 Å². The van der Waals surface area contributed by atoms with E-state index in [1.54, 1.807) is 4.90 Å². The van der Waals surface area contributed by atoms with E-state index in [0.29, 0.717) is 18.7 Å². The summed E-state index contributed by atoms with van der Waals surface area (Å²) in [7, 11) is 0. The molecule has 0 heterocycles. The predicted molar refractivity (Wildman–Crippen MR) is 78.3 cm³/mol. The Hall–Kier alpha value is -2.20. The maximum absolute atomic E-state index is 12.9. The standard InChI is InChI=1S/C16H17FN2O/c1-12-4-2-3-5-15(12)19(11-10-18)16(20)13-6-8-14(17)9-7-13/h2-9H,10-11,18H2,1H3. The highest BCUT2D eigenvalue weighted by atomic mass is 19.1. The Morgan fingerprint density at radius 3 is 2.40 bits per heavy atom. The van der Waals surface area contributed by atoms with Crippen LogP contribution in [0.1, 0.15) is 15.9 Å². The van der Waals surface area contributed by atoms with E-state index in [2.05, 4.69) is 0 Å². The molecule has 1 amide bonds. The largest absolute Gasteiger partial charge is 0.329 e. The monoisotopic (exact) mass is 272 g/mol. The molecule has 104 valence electrons. The summed E-state index contributed by atoms with van der Waals surface area (Å²) in [5.74, 6) is -0.535. The number of nitrogens with two attached hydrogens (primary N) is 1. The Bertz CT molecular complexity index is 596. The van der Waals surface area contributed by atoms with Crippen molar-refractivity contribution >= 4 is 11.6 Å². The molecule has 0 fully saturated rings. The second kappa shape index (κ2) is 6.30. The van der Waals surface area contributed by atoms with Crippen molar-refractivity contribution in [3.8, 4) is 0 Å². The fourth-order valence-electron chi connectivity index (χ4n) is 2.08. The lowest BCUT2D eigenvalue weighted by molar-refractivity contribution is 0.0987. The van der Waals surface area contributed by atoms with E-state index in [0.717, 1.165) is 11.3 Å². The average molecular weight is 272 g/mol. The topological polar surface area (TPSA) is 46.3 Å². The van der Waals surface area contributed by atoms with Crippen LogP contribution in [0.25, 0.3) is 0 Å². The number of carbonyl (C=O) groups excluding carboxylic acids is 1. The highest BCUT2D eigenvalue weighted by molar-refractivity contribution is 6.06. The molecule has 0 aromatic heterocycles. The number of halogens is 1. The van der Waals surface area contributed by atoms with Gasteiger partial charge in [0.2, 0.25) is 0 Å². The summed E-state index contributed by atoms with van der Waals surface area (Å²) in [6.45, 7) is 2.72. The van der Waals surface area contributed by atoms with Gasteiger partial charge in [-0.3, -0.25) is 4.79 Å². The van der Waals surface area contributed by atoms with Gasteiger partial charge in [-0.2, -0.15) is 0 Å². The molecule has 0 atom stereocenters. The SMILES string of the molecule is Cc1ccccc1N(CCN)C(=O)c1ccc(F)cc1. The zero-order chi connectivity index (χ0) is 14.5. The van der Waals surface area contributed by atoms with Crippen molar-refractivity contribution in [1.82, 2.24) is 0 Å². The first-order valence-corrected chi connectivity index (χ1v) is 6.46. The second-order valence-electron chi connectivity index (χ2n) is 4.54. The third-order valence-electron chi connectivity index (χ3n) is 3.10. The van der Waals surface area contributed by atoms with Crippen LogP contribution in [-0.2, 0) is 0 Å². The van der Waals surface area contributed by atoms with Gasteiger partial charge in [0, 0.05) is 24.3 Å². The molecular weight excluding hydrogens is 255 g/mol. The van der Waals surface area contributed by atoms with E-state index in [1.165, 1.54) is 24.3 Å². The minimum atomic E-state index is -0.359. The molecule has 2 rings (SSSR count). The zero-order valence-corrected chi connectivity index (χ0v) is 11.3. The van der Waals surface area contributed by atoms with Crippen molar-refractivity contribution in [1.29, 1.82) is 0 Å². The molecule has 4 heteroatoms. The summed E-state index contributed by atoms with van der Waals surface area (Å²) < 4.78 is 12.9. The van der Waals surface area contributed by atoms with Crippen molar-refractivity contribution in [2.24, 2.45) is 5.73 Å². The number of benzene rings is 2. The summed E-state index contributed by atoms with van der Waals surface area (Å²) in [5.41, 5.74) is 7.87. The number of aryl methyl sites for hydroxylation is 1. The van der Waals surface area contributed by atoms with Crippen molar-refractivity contribution < 1.29 is 9.18 Å². The number of anilines is 1. The lowest BCUT2D eigenvalue weighted by atomic mass is 10.1. The number of amides is 1. The number of para-hydroxylation sites is 1. The van der Waals surface area contributed by atoms with Gasteiger partial charge in [-0.05, 0) is 42.8 Å². The molecule has 0 bridgehead atoms. The summed E-state index contributed by atoms with van der Waals surface area (Å²) >= 11 is 0. The third kappa shape index (κ3) is 3.03. The molecule has 0 aliphatic heterocycles. The van der Waals surface area contributed by atoms with Crippen molar-refractivity contribution in [3.05, 3.63) is 65.5 Å². The van der Waals surface area contributed by atoms with E-state index in [4.69, 9.17) is 5.73 Å². The molecular formula is C16H17FN2O. The second-order valence-corrected chi connectivity index (χ2v) is 4.54. The first kappa shape index (κ1) is 14.2. The van der Waals surface area contributed by atoms with Gasteiger partial charge in [-0.15, -0.1) is 0 Å². The molecule has 0 spiro atoms. The smallest absolute Gasteiger partial charge is 0.258 e. The number of hydrogen-bond acceptors (Lipinski definition) is 2. The van der Waals surface area contributed by atoms with Crippen molar-refractivity contribution in [2.45, 2.75) is 6.92 Å². The van der Waals surface area contributed by atoms with Crippen molar-refractivity contribution in [2.75, 3.05) is 18.0 Å². The maximum atomic E-state index is 12.9. The first-order valence-electron chi connectivity index (χ1n) is 6.46. The lowest BCUT2D eigenvalue weighted by Gasteiger charge is -2.24. The Labute approximate surface area is 117 Å². The number of nitrogens with zero attached hydrogens (tertiary/aromatic N) is 1. The molecule has 0 radical (unpaired) electrons. The van der Waals surface area contributed by atoms with Gasteiger partial charge >= 0.3 is 0 Å². The van der Waals surface area contributed by atoms with Gasteiger partial charge in [-0.1, -0.05) is 18.2 Å². The van der Waals surface area contributed by atoms with Crippen LogP contribution in [-0.4, -0.2) is 19.0 Å². The summed E-state index contributed by atoms with van der Waals surface area (Å²) in [5, 5.41) is 0. The van der Waals surface area contributed by atoms with Gasteiger partial charge in [0.25, 0.3) is 5.91 Å². The highest BCUT2D eigenvalue weighted by Gasteiger charge is 2.18. The average Bonchev–Trinajstić information content (AvgIpc) is 2.46. The summed E-state index contributed by atoms with van der Waals surface area (Å²) in [4.78, 5) is 14.2. The van der Waals surface area contributed by atoms with Crippen LogP contribution >= 0.6 is 0 Å². The minimum absolute atomic E-state index is 0.176. The van der Waals surface area contributed by atoms with Crippen LogP contribution in [0.4, 0.5) is 10.1 Å². The molecule has 0 saturated carbocycles. The Morgan fingerprint density at radius 2 is 1.80 bits per heavy atom. The van der Waals surface area contributed by atoms with Crippen LogP contribution in [0.15, 0.2) is 48.5 Å². The van der Waals surface area contributed by atoms with Crippen LogP contribution in [0.2, 0.25) is 0 Å². The molecule has 20 heavy (non-hydrogen) atoms. The predicted octanol–water partition coefficient (Wildman–Crippen LogP) is 2.74. The van der Waals surface area contributed by atoms with Gasteiger partial charge in [0.05, 0.1) is 0 Å². The summed E-state index contributed by atoms with van der Waals surface area (Å²) in [6, 6.07) is 13.2. The molecule has 0 aliphatic carbocycles. The lowest BCUT2D eigenvalue weighted by Crippen LogP contribution is -2.35. The van der Waals surface area contributed by atoms with Crippen LogP contribution in [0.5, 0.6) is 0 Å². The van der Waals surface area contributed by atoms with Gasteiger partial charge < -0.3 is 10.6 Å². The zero-order valence-electron chi connectivity index (χ0n) is 11.3. The van der Waals surface area contributed by atoms with E-state index in [1.807, 2.05) is 31.2 Å². The van der Waals surface area contributed by atoms with E-state index in [9.17, 15) is 9.18 Å².